The van der Waals surface area contributed by atoms with Gasteiger partial charge in [0.05, 0.1) is 0 Å². The first-order valence-electron chi connectivity index (χ1n) is 5.29. The van der Waals surface area contributed by atoms with Gasteiger partial charge < -0.3 is 15.2 Å². The number of carboxylic acids is 1. The monoisotopic (exact) mass is 223 g/mol. The number of carboxylic acid groups (broad SMARTS) is 1. The van der Waals surface area contributed by atoms with Crippen molar-refractivity contribution in [2.75, 3.05) is 13.7 Å². The van der Waals surface area contributed by atoms with Crippen LogP contribution in [0.2, 0.25) is 0 Å². The van der Waals surface area contributed by atoms with E-state index in [0.717, 1.165) is 6.42 Å². The highest BCUT2D eigenvalue weighted by molar-refractivity contribution is 5.73. The molecule has 1 rings (SSSR count). The molecule has 0 aliphatic rings. The fraction of sp³-hybridized carbons (Fsp3) is 0.417. The smallest absolute Gasteiger partial charge is 0.324 e. The predicted molar refractivity (Wildman–Crippen MR) is 61.8 cm³/mol. The van der Waals surface area contributed by atoms with Gasteiger partial charge in [0.1, 0.15) is 18.4 Å². The van der Waals surface area contributed by atoms with E-state index in [1.807, 2.05) is 24.3 Å². The summed E-state index contributed by atoms with van der Waals surface area (Å²) in [4.78, 5) is 10.7. The molecule has 0 saturated carbocycles. The number of benzene rings is 1. The molecule has 4 nitrogen and oxygen atoms in total. The van der Waals surface area contributed by atoms with Crippen molar-refractivity contribution >= 4 is 5.97 Å². The summed E-state index contributed by atoms with van der Waals surface area (Å²) in [6, 6.07) is 6.99. The number of rotatable bonds is 6. The Hall–Kier alpha value is -1.55. The molecule has 0 aliphatic carbocycles. The summed E-state index contributed by atoms with van der Waals surface area (Å²) >= 11 is 0. The van der Waals surface area contributed by atoms with Gasteiger partial charge in [-0.3, -0.25) is 4.79 Å². The molecule has 0 aliphatic heterocycles. The fourth-order valence-corrected chi connectivity index (χ4v) is 1.28. The maximum atomic E-state index is 10.7. The van der Waals surface area contributed by atoms with Gasteiger partial charge in [0.2, 0.25) is 0 Å². The first-order chi connectivity index (χ1) is 7.67. The van der Waals surface area contributed by atoms with E-state index in [1.54, 1.807) is 7.05 Å². The summed E-state index contributed by atoms with van der Waals surface area (Å²) in [7, 11) is 1.60. The minimum Gasteiger partial charge on any atom is -0.491 e. The molecule has 4 heteroatoms. The Morgan fingerprint density at radius 1 is 1.44 bits per heavy atom. The summed E-state index contributed by atoms with van der Waals surface area (Å²) in [5, 5.41) is 11.5. The Balaban J connectivity index is 2.50. The third-order valence-corrected chi connectivity index (χ3v) is 2.39. The third kappa shape index (κ3) is 3.55. The standard InChI is InChI=1S/C12H17NO3/c1-3-9-4-6-10(7-5-9)16-8-11(13-2)12(14)15/h4-7,11,13H,3,8H2,1-2H3,(H,14,15). The molecule has 0 amide bonds. The minimum absolute atomic E-state index is 0.122. The van der Waals surface area contributed by atoms with Crippen LogP contribution in [0.25, 0.3) is 0 Å². The molecule has 16 heavy (non-hydrogen) atoms. The number of hydrogen-bond donors (Lipinski definition) is 2. The molecule has 1 atom stereocenters. The second-order valence-corrected chi connectivity index (χ2v) is 3.49. The van der Waals surface area contributed by atoms with E-state index in [1.165, 1.54) is 5.56 Å². The zero-order valence-corrected chi connectivity index (χ0v) is 9.56. The number of hydrogen-bond acceptors (Lipinski definition) is 3. The van der Waals surface area contributed by atoms with Gasteiger partial charge in [-0.1, -0.05) is 19.1 Å². The molecular weight excluding hydrogens is 206 g/mol. The van der Waals surface area contributed by atoms with E-state index in [-0.39, 0.29) is 6.61 Å². The largest absolute Gasteiger partial charge is 0.491 e. The molecule has 0 radical (unpaired) electrons. The molecule has 1 aromatic rings. The summed E-state index contributed by atoms with van der Waals surface area (Å²) < 4.78 is 5.38. The van der Waals surface area contributed by atoms with Crippen LogP contribution < -0.4 is 10.1 Å². The van der Waals surface area contributed by atoms with Crippen LogP contribution in [-0.4, -0.2) is 30.8 Å². The zero-order valence-electron chi connectivity index (χ0n) is 9.56. The van der Waals surface area contributed by atoms with E-state index < -0.39 is 12.0 Å². The lowest BCUT2D eigenvalue weighted by atomic mass is 10.2. The summed E-state index contributed by atoms with van der Waals surface area (Å²) in [5.74, 6) is -0.216. The summed E-state index contributed by atoms with van der Waals surface area (Å²) in [5.41, 5.74) is 1.23. The molecule has 1 aromatic carbocycles. The number of ether oxygens (including phenoxy) is 1. The molecule has 2 N–H and O–H groups in total. The summed E-state index contributed by atoms with van der Waals surface area (Å²) in [6.07, 6.45) is 0.981. The first kappa shape index (κ1) is 12.5. The van der Waals surface area contributed by atoms with Crippen LogP contribution in [-0.2, 0) is 11.2 Å². The molecule has 0 fully saturated rings. The van der Waals surface area contributed by atoms with Crippen molar-refractivity contribution < 1.29 is 14.6 Å². The van der Waals surface area contributed by atoms with Crippen LogP contribution in [0.5, 0.6) is 5.75 Å². The third-order valence-electron chi connectivity index (χ3n) is 2.39. The molecule has 0 aromatic heterocycles. The molecule has 0 bridgehead atoms. The van der Waals surface area contributed by atoms with E-state index in [0.29, 0.717) is 5.75 Å². The second-order valence-electron chi connectivity index (χ2n) is 3.49. The van der Waals surface area contributed by atoms with Crippen molar-refractivity contribution in [2.45, 2.75) is 19.4 Å². The van der Waals surface area contributed by atoms with E-state index in [9.17, 15) is 4.79 Å². The Labute approximate surface area is 95.2 Å². The number of likely N-dealkylation sites (N-methyl/N-ethyl adjacent to an activating group) is 1. The second kappa shape index (κ2) is 6.12. The van der Waals surface area contributed by atoms with E-state index in [2.05, 4.69) is 12.2 Å². The van der Waals surface area contributed by atoms with Gasteiger partial charge in [-0.05, 0) is 31.2 Å². The van der Waals surface area contributed by atoms with Crippen molar-refractivity contribution in [1.82, 2.24) is 5.32 Å². The van der Waals surface area contributed by atoms with Crippen LogP contribution >= 0.6 is 0 Å². The van der Waals surface area contributed by atoms with Crippen LogP contribution in [0.3, 0.4) is 0 Å². The maximum Gasteiger partial charge on any atom is 0.324 e. The highest BCUT2D eigenvalue weighted by atomic mass is 16.5. The van der Waals surface area contributed by atoms with Gasteiger partial charge in [-0.2, -0.15) is 0 Å². The van der Waals surface area contributed by atoms with Crippen molar-refractivity contribution in [2.24, 2.45) is 0 Å². The quantitative estimate of drug-likeness (QED) is 0.763. The van der Waals surface area contributed by atoms with Crippen molar-refractivity contribution in [3.8, 4) is 5.75 Å². The number of aryl methyl sites for hydroxylation is 1. The maximum absolute atomic E-state index is 10.7. The van der Waals surface area contributed by atoms with Gasteiger partial charge in [0, 0.05) is 0 Å². The van der Waals surface area contributed by atoms with E-state index >= 15 is 0 Å². The number of carbonyl (C=O) groups is 1. The van der Waals surface area contributed by atoms with Gasteiger partial charge >= 0.3 is 5.97 Å². The minimum atomic E-state index is -0.910. The zero-order chi connectivity index (χ0) is 12.0. The van der Waals surface area contributed by atoms with Crippen molar-refractivity contribution in [3.63, 3.8) is 0 Å². The Bertz CT molecular complexity index is 335. The Kier molecular flexibility index (Phi) is 4.79. The molecular formula is C12H17NO3. The van der Waals surface area contributed by atoms with Crippen LogP contribution in [0.1, 0.15) is 12.5 Å². The average molecular weight is 223 g/mol. The van der Waals surface area contributed by atoms with Crippen LogP contribution in [0.15, 0.2) is 24.3 Å². The van der Waals surface area contributed by atoms with Crippen molar-refractivity contribution in [1.29, 1.82) is 0 Å². The highest BCUT2D eigenvalue weighted by Crippen LogP contribution is 2.12. The lowest BCUT2D eigenvalue weighted by Gasteiger charge is -2.12. The van der Waals surface area contributed by atoms with Crippen LogP contribution in [0, 0.1) is 0 Å². The van der Waals surface area contributed by atoms with Crippen molar-refractivity contribution in [3.05, 3.63) is 29.8 Å². The normalized spacial score (nSPS) is 12.1. The molecule has 0 spiro atoms. The lowest BCUT2D eigenvalue weighted by molar-refractivity contribution is -0.140. The highest BCUT2D eigenvalue weighted by Gasteiger charge is 2.15. The molecule has 0 heterocycles. The Morgan fingerprint density at radius 2 is 2.06 bits per heavy atom. The van der Waals surface area contributed by atoms with Crippen LogP contribution in [0.4, 0.5) is 0 Å². The molecule has 1 unspecified atom stereocenters. The average Bonchev–Trinajstić information content (AvgIpc) is 2.30. The predicted octanol–water partition coefficient (Wildman–Crippen LogP) is 1.30. The molecule has 0 saturated heterocycles. The summed E-state index contributed by atoms with van der Waals surface area (Å²) in [6.45, 7) is 2.20. The van der Waals surface area contributed by atoms with Gasteiger partial charge in [0.15, 0.2) is 0 Å². The Morgan fingerprint density at radius 3 is 2.50 bits per heavy atom. The first-order valence-corrected chi connectivity index (χ1v) is 5.29. The van der Waals surface area contributed by atoms with E-state index in [4.69, 9.17) is 9.84 Å². The topological polar surface area (TPSA) is 58.6 Å². The van der Waals surface area contributed by atoms with Gasteiger partial charge in [-0.15, -0.1) is 0 Å². The lowest BCUT2D eigenvalue weighted by Crippen LogP contribution is -2.39. The number of nitrogens with one attached hydrogen (secondary N) is 1. The number of aliphatic carboxylic acids is 1. The molecule has 88 valence electrons. The van der Waals surface area contributed by atoms with Gasteiger partial charge in [-0.25, -0.2) is 0 Å². The fourth-order valence-electron chi connectivity index (χ4n) is 1.28. The SMILES string of the molecule is CCc1ccc(OCC(NC)C(=O)O)cc1. The van der Waals surface area contributed by atoms with Gasteiger partial charge in [0.25, 0.3) is 0 Å².